The number of nitrogens with one attached hydrogen (secondary N) is 2. The van der Waals surface area contributed by atoms with Gasteiger partial charge in [-0.05, 0) is 30.8 Å². The summed E-state index contributed by atoms with van der Waals surface area (Å²) in [4.78, 5) is 6.59. The van der Waals surface area contributed by atoms with Crippen molar-refractivity contribution in [1.82, 2.24) is 15.5 Å². The number of benzene rings is 1. The van der Waals surface area contributed by atoms with Crippen LogP contribution in [0.2, 0.25) is 5.02 Å². The van der Waals surface area contributed by atoms with Gasteiger partial charge in [0.15, 0.2) is 5.96 Å². The molecule has 0 aliphatic carbocycles. The molecule has 6 heteroatoms. The molecule has 0 radical (unpaired) electrons. The summed E-state index contributed by atoms with van der Waals surface area (Å²) in [5, 5.41) is 7.37. The number of hydrogen-bond donors (Lipinski definition) is 2. The minimum Gasteiger partial charge on any atom is -0.355 e. The number of aliphatic imine (C=N–C) groups is 1. The van der Waals surface area contributed by atoms with Gasteiger partial charge in [-0.1, -0.05) is 37.6 Å². The summed E-state index contributed by atoms with van der Waals surface area (Å²) in [6, 6.07) is 7.82. The van der Waals surface area contributed by atoms with Crippen molar-refractivity contribution in [2.45, 2.75) is 20.4 Å². The molecule has 1 aromatic rings. The molecular formula is C15H26ClIN4. The predicted molar refractivity (Wildman–Crippen MR) is 103 cm³/mol. The quantitative estimate of drug-likeness (QED) is 0.402. The van der Waals surface area contributed by atoms with E-state index in [1.54, 1.807) is 7.05 Å². The van der Waals surface area contributed by atoms with E-state index in [1.165, 1.54) is 5.56 Å². The topological polar surface area (TPSA) is 39.7 Å². The van der Waals surface area contributed by atoms with Crippen LogP contribution in [0.3, 0.4) is 0 Å². The van der Waals surface area contributed by atoms with E-state index in [1.807, 2.05) is 24.3 Å². The third-order valence-corrected chi connectivity index (χ3v) is 3.46. The van der Waals surface area contributed by atoms with Crippen LogP contribution in [0.5, 0.6) is 0 Å². The van der Waals surface area contributed by atoms with Crippen LogP contribution >= 0.6 is 35.6 Å². The lowest BCUT2D eigenvalue weighted by Gasteiger charge is -2.19. The van der Waals surface area contributed by atoms with Gasteiger partial charge in [-0.15, -0.1) is 24.0 Å². The van der Waals surface area contributed by atoms with Crippen molar-refractivity contribution < 1.29 is 0 Å². The molecule has 2 N–H and O–H groups in total. The second-order valence-electron chi connectivity index (χ2n) is 4.51. The Morgan fingerprint density at radius 3 is 2.29 bits per heavy atom. The van der Waals surface area contributed by atoms with Crippen LogP contribution in [0.4, 0.5) is 0 Å². The van der Waals surface area contributed by atoms with Crippen molar-refractivity contribution in [3.8, 4) is 0 Å². The first-order valence-corrected chi connectivity index (χ1v) is 7.48. The Labute approximate surface area is 150 Å². The smallest absolute Gasteiger partial charge is 0.191 e. The average Bonchev–Trinajstić information content (AvgIpc) is 2.48. The van der Waals surface area contributed by atoms with Crippen molar-refractivity contribution in [3.63, 3.8) is 0 Å². The summed E-state index contributed by atoms with van der Waals surface area (Å²) >= 11 is 5.87. The summed E-state index contributed by atoms with van der Waals surface area (Å²) < 4.78 is 0. The first-order chi connectivity index (χ1) is 9.69. The molecule has 0 heterocycles. The van der Waals surface area contributed by atoms with E-state index in [-0.39, 0.29) is 24.0 Å². The number of guanidine groups is 1. The van der Waals surface area contributed by atoms with Gasteiger partial charge in [-0.2, -0.15) is 0 Å². The van der Waals surface area contributed by atoms with Gasteiger partial charge in [-0.25, -0.2) is 0 Å². The zero-order valence-corrected chi connectivity index (χ0v) is 16.1. The van der Waals surface area contributed by atoms with Crippen LogP contribution in [0.25, 0.3) is 0 Å². The monoisotopic (exact) mass is 424 g/mol. The maximum Gasteiger partial charge on any atom is 0.191 e. The maximum absolute atomic E-state index is 5.87. The van der Waals surface area contributed by atoms with Gasteiger partial charge >= 0.3 is 0 Å². The lowest BCUT2D eigenvalue weighted by atomic mass is 10.2. The second-order valence-corrected chi connectivity index (χ2v) is 4.94. The summed E-state index contributed by atoms with van der Waals surface area (Å²) in [6.07, 6.45) is 0. The predicted octanol–water partition coefficient (Wildman–Crippen LogP) is 2.96. The molecule has 0 aliphatic heterocycles. The summed E-state index contributed by atoms with van der Waals surface area (Å²) in [7, 11) is 1.79. The van der Waals surface area contributed by atoms with Crippen LogP contribution in [-0.4, -0.2) is 44.1 Å². The van der Waals surface area contributed by atoms with Crippen molar-refractivity contribution in [2.75, 3.05) is 33.2 Å². The molecule has 120 valence electrons. The third kappa shape index (κ3) is 8.48. The first-order valence-electron chi connectivity index (χ1n) is 7.10. The Bertz CT molecular complexity index is 405. The highest BCUT2D eigenvalue weighted by atomic mass is 127. The molecule has 1 aromatic carbocycles. The van der Waals surface area contributed by atoms with Gasteiger partial charge in [0.1, 0.15) is 0 Å². The van der Waals surface area contributed by atoms with E-state index in [0.717, 1.165) is 43.7 Å². The summed E-state index contributed by atoms with van der Waals surface area (Å²) in [5.41, 5.74) is 1.18. The molecule has 0 saturated carbocycles. The molecule has 0 spiro atoms. The fourth-order valence-corrected chi connectivity index (χ4v) is 2.01. The van der Waals surface area contributed by atoms with Crippen LogP contribution in [0.15, 0.2) is 29.3 Å². The SMILES string of the molecule is CCN(CC)CCNC(=NC)NCc1ccc(Cl)cc1.I. The maximum atomic E-state index is 5.87. The molecule has 0 unspecified atom stereocenters. The van der Waals surface area contributed by atoms with Crippen LogP contribution in [-0.2, 0) is 6.54 Å². The van der Waals surface area contributed by atoms with Gasteiger partial charge in [-0.3, -0.25) is 4.99 Å². The molecule has 0 fully saturated rings. The molecule has 1 rings (SSSR count). The van der Waals surface area contributed by atoms with Gasteiger partial charge in [0.2, 0.25) is 0 Å². The number of rotatable bonds is 7. The average molecular weight is 425 g/mol. The molecule has 0 atom stereocenters. The molecular weight excluding hydrogens is 399 g/mol. The zero-order valence-electron chi connectivity index (χ0n) is 13.0. The number of likely N-dealkylation sites (N-methyl/N-ethyl adjacent to an activating group) is 1. The Balaban J connectivity index is 0.00000400. The standard InChI is InChI=1S/C15H25ClN4.HI/c1-4-20(5-2)11-10-18-15(17-3)19-12-13-6-8-14(16)9-7-13;/h6-9H,4-5,10-12H2,1-3H3,(H2,17,18,19);1H. The van der Waals surface area contributed by atoms with Gasteiger partial charge < -0.3 is 15.5 Å². The third-order valence-electron chi connectivity index (χ3n) is 3.21. The minimum absolute atomic E-state index is 0. The van der Waals surface area contributed by atoms with E-state index in [0.29, 0.717) is 0 Å². The van der Waals surface area contributed by atoms with Crippen molar-refractivity contribution >= 4 is 41.5 Å². The van der Waals surface area contributed by atoms with Gasteiger partial charge in [0.25, 0.3) is 0 Å². The molecule has 0 bridgehead atoms. The highest BCUT2D eigenvalue weighted by Crippen LogP contribution is 2.08. The zero-order chi connectivity index (χ0) is 14.8. The van der Waals surface area contributed by atoms with E-state index >= 15 is 0 Å². The van der Waals surface area contributed by atoms with Crippen LogP contribution in [0, 0.1) is 0 Å². The van der Waals surface area contributed by atoms with Crippen molar-refractivity contribution in [2.24, 2.45) is 4.99 Å². The Morgan fingerprint density at radius 1 is 1.14 bits per heavy atom. The molecule has 0 saturated heterocycles. The first kappa shape index (κ1) is 20.5. The molecule has 0 amide bonds. The van der Waals surface area contributed by atoms with Crippen LogP contribution < -0.4 is 10.6 Å². The van der Waals surface area contributed by atoms with E-state index < -0.39 is 0 Å². The van der Waals surface area contributed by atoms with Gasteiger partial charge in [0.05, 0.1) is 0 Å². The van der Waals surface area contributed by atoms with E-state index in [4.69, 9.17) is 11.6 Å². The largest absolute Gasteiger partial charge is 0.355 e. The second kappa shape index (κ2) is 12.1. The fourth-order valence-electron chi connectivity index (χ4n) is 1.88. The van der Waals surface area contributed by atoms with Crippen molar-refractivity contribution in [3.05, 3.63) is 34.9 Å². The van der Waals surface area contributed by atoms with E-state index in [9.17, 15) is 0 Å². The fraction of sp³-hybridized carbons (Fsp3) is 0.533. The lowest BCUT2D eigenvalue weighted by Crippen LogP contribution is -2.41. The molecule has 4 nitrogen and oxygen atoms in total. The molecule has 0 aliphatic rings. The van der Waals surface area contributed by atoms with E-state index in [2.05, 4.69) is 34.4 Å². The summed E-state index contributed by atoms with van der Waals surface area (Å²) in [5.74, 6) is 0.826. The number of hydrogen-bond acceptors (Lipinski definition) is 2. The number of halogens is 2. The van der Waals surface area contributed by atoms with Gasteiger partial charge in [0, 0.05) is 31.7 Å². The summed E-state index contributed by atoms with van der Waals surface area (Å²) in [6.45, 7) is 9.16. The molecule has 21 heavy (non-hydrogen) atoms. The van der Waals surface area contributed by atoms with Crippen LogP contribution in [0.1, 0.15) is 19.4 Å². The normalized spacial score (nSPS) is 11.2. The molecule has 0 aromatic heterocycles. The lowest BCUT2D eigenvalue weighted by molar-refractivity contribution is 0.308. The van der Waals surface area contributed by atoms with Crippen molar-refractivity contribution in [1.29, 1.82) is 0 Å². The Hall–Kier alpha value is -0.530. The number of nitrogens with zero attached hydrogens (tertiary/aromatic N) is 2. The Morgan fingerprint density at radius 2 is 1.76 bits per heavy atom. The Kier molecular flexibility index (Phi) is 11.8. The minimum atomic E-state index is 0. The highest BCUT2D eigenvalue weighted by molar-refractivity contribution is 14.0. The highest BCUT2D eigenvalue weighted by Gasteiger charge is 2.01.